The summed E-state index contributed by atoms with van der Waals surface area (Å²) >= 11 is 0. The van der Waals surface area contributed by atoms with Crippen molar-refractivity contribution in [2.75, 3.05) is 78.0 Å². The van der Waals surface area contributed by atoms with Crippen LogP contribution in [0.15, 0.2) is 60.7 Å². The number of halogens is 1. The van der Waals surface area contributed by atoms with Crippen LogP contribution in [0.4, 0.5) is 10.1 Å². The standard InChI is InChI=1S/C45H56FN7O6/c1-30-10-8-12-36(46)34(30)26-51-27-35(38(28-51)49(2)3)31-14-16-32(17-15-31)52-24-22-50(23-25-52)21-7-5-4-6-20-47-41(55)29-59-39-13-9-11-33-42(39)45(58)53(44(33)57)37-18-19-40(54)48-43(37)56/h8-17,35,37-38H,4-7,18-29H2,1-3H3,(H,47,55)(H,48,54,56)/t35-,37?,38+/m1/s1. The minimum Gasteiger partial charge on any atom is -0.483 e. The van der Waals surface area contributed by atoms with Crippen molar-refractivity contribution in [3.05, 3.63) is 94.3 Å². The normalized spacial score (nSPS) is 21.3. The summed E-state index contributed by atoms with van der Waals surface area (Å²) in [4.78, 5) is 73.4. The molecule has 314 valence electrons. The zero-order valence-corrected chi connectivity index (χ0v) is 34.4. The Hall–Kier alpha value is -5.18. The first kappa shape index (κ1) is 42.0. The molecule has 0 saturated carbocycles. The van der Waals surface area contributed by atoms with Crippen molar-refractivity contribution in [1.29, 1.82) is 0 Å². The number of rotatable bonds is 16. The fraction of sp³-hybridized carbons (Fsp3) is 0.489. The number of unbranched alkanes of at least 4 members (excludes halogenated alkanes) is 3. The van der Waals surface area contributed by atoms with Crippen molar-refractivity contribution in [1.82, 2.24) is 30.2 Å². The van der Waals surface area contributed by atoms with E-state index in [4.69, 9.17) is 4.74 Å². The summed E-state index contributed by atoms with van der Waals surface area (Å²) in [7, 11) is 4.28. The molecule has 0 aliphatic carbocycles. The van der Waals surface area contributed by atoms with E-state index in [0.29, 0.717) is 25.0 Å². The minimum atomic E-state index is -1.07. The second-order valence-electron chi connectivity index (χ2n) is 16.5. The summed E-state index contributed by atoms with van der Waals surface area (Å²) in [5, 5.41) is 5.05. The Balaban J connectivity index is 0.775. The molecule has 0 radical (unpaired) electrons. The number of piperazine rings is 1. The molecule has 5 amide bonds. The highest BCUT2D eigenvalue weighted by Gasteiger charge is 2.46. The number of benzene rings is 3. The maximum Gasteiger partial charge on any atom is 0.266 e. The number of nitrogens with one attached hydrogen (secondary N) is 2. The molecule has 59 heavy (non-hydrogen) atoms. The number of hydrogen-bond donors (Lipinski definition) is 2. The van der Waals surface area contributed by atoms with Crippen LogP contribution in [0.2, 0.25) is 0 Å². The van der Waals surface area contributed by atoms with Gasteiger partial charge in [-0.25, -0.2) is 4.39 Å². The van der Waals surface area contributed by atoms with Gasteiger partial charge in [0.2, 0.25) is 11.8 Å². The van der Waals surface area contributed by atoms with Gasteiger partial charge in [-0.3, -0.25) is 44.0 Å². The van der Waals surface area contributed by atoms with E-state index in [2.05, 4.69) is 68.6 Å². The summed E-state index contributed by atoms with van der Waals surface area (Å²) in [5.41, 5.74) is 4.51. The number of hydrogen-bond acceptors (Lipinski definition) is 10. The lowest BCUT2D eigenvalue weighted by Crippen LogP contribution is -2.54. The second-order valence-corrected chi connectivity index (χ2v) is 16.5. The summed E-state index contributed by atoms with van der Waals surface area (Å²) in [6.07, 6.45) is 4.07. The fourth-order valence-electron chi connectivity index (χ4n) is 8.94. The van der Waals surface area contributed by atoms with E-state index in [9.17, 15) is 28.4 Å². The first-order valence-corrected chi connectivity index (χ1v) is 20.9. The second kappa shape index (κ2) is 18.8. The zero-order chi connectivity index (χ0) is 41.6. The molecule has 3 saturated heterocycles. The average molecular weight is 810 g/mol. The van der Waals surface area contributed by atoms with Crippen LogP contribution in [0.1, 0.15) is 81.8 Å². The van der Waals surface area contributed by atoms with Gasteiger partial charge in [-0.15, -0.1) is 0 Å². The van der Waals surface area contributed by atoms with Gasteiger partial charge < -0.3 is 19.9 Å². The van der Waals surface area contributed by atoms with Crippen LogP contribution in [0.3, 0.4) is 0 Å². The lowest BCUT2D eigenvalue weighted by molar-refractivity contribution is -0.136. The molecule has 3 atom stereocenters. The molecule has 0 spiro atoms. The van der Waals surface area contributed by atoms with Crippen LogP contribution in [0, 0.1) is 12.7 Å². The highest BCUT2D eigenvalue weighted by Crippen LogP contribution is 2.35. The van der Waals surface area contributed by atoms with Gasteiger partial charge in [0, 0.05) is 82.0 Å². The predicted octanol–water partition coefficient (Wildman–Crippen LogP) is 3.94. The van der Waals surface area contributed by atoms with Gasteiger partial charge in [0.05, 0.1) is 11.1 Å². The lowest BCUT2D eigenvalue weighted by atomic mass is 9.93. The van der Waals surface area contributed by atoms with Crippen LogP contribution < -0.4 is 20.3 Å². The first-order valence-electron chi connectivity index (χ1n) is 20.9. The topological polar surface area (TPSA) is 135 Å². The molecule has 0 bridgehead atoms. The Morgan fingerprint density at radius 1 is 0.881 bits per heavy atom. The van der Waals surface area contributed by atoms with Gasteiger partial charge in [0.25, 0.3) is 17.7 Å². The highest BCUT2D eigenvalue weighted by atomic mass is 19.1. The van der Waals surface area contributed by atoms with E-state index in [1.807, 2.05) is 13.0 Å². The molecule has 1 unspecified atom stereocenters. The molecule has 3 fully saturated rings. The van der Waals surface area contributed by atoms with Gasteiger partial charge in [-0.2, -0.15) is 0 Å². The van der Waals surface area contributed by atoms with E-state index in [0.717, 1.165) is 87.5 Å². The quantitative estimate of drug-likeness (QED) is 0.162. The van der Waals surface area contributed by atoms with Crippen molar-refractivity contribution in [2.24, 2.45) is 0 Å². The summed E-state index contributed by atoms with van der Waals surface area (Å²) < 4.78 is 20.3. The predicted molar refractivity (Wildman–Crippen MR) is 222 cm³/mol. The zero-order valence-electron chi connectivity index (χ0n) is 34.4. The number of nitrogens with zero attached hydrogens (tertiary/aromatic N) is 5. The molecule has 0 aromatic heterocycles. The van der Waals surface area contributed by atoms with Crippen molar-refractivity contribution >= 4 is 35.2 Å². The lowest BCUT2D eigenvalue weighted by Gasteiger charge is -2.36. The van der Waals surface area contributed by atoms with Crippen molar-refractivity contribution < 1.29 is 33.1 Å². The molecule has 7 rings (SSSR count). The Morgan fingerprint density at radius 3 is 2.36 bits per heavy atom. The Bertz CT molecular complexity index is 2010. The number of fused-ring (bicyclic) bond motifs is 1. The molecule has 3 aromatic carbocycles. The molecule has 13 nitrogen and oxygen atoms in total. The summed E-state index contributed by atoms with van der Waals surface area (Å²) in [5.74, 6) is -2.42. The third kappa shape index (κ3) is 9.66. The van der Waals surface area contributed by atoms with Crippen molar-refractivity contribution in [3.63, 3.8) is 0 Å². The Kier molecular flexibility index (Phi) is 13.4. The number of piperidine rings is 1. The third-order valence-corrected chi connectivity index (χ3v) is 12.3. The van der Waals surface area contributed by atoms with E-state index in [1.54, 1.807) is 18.2 Å². The van der Waals surface area contributed by atoms with Crippen molar-refractivity contribution in [2.45, 2.75) is 70.0 Å². The average Bonchev–Trinajstić information content (AvgIpc) is 3.77. The molecule has 14 heteroatoms. The van der Waals surface area contributed by atoms with Crippen LogP contribution in [-0.2, 0) is 20.9 Å². The van der Waals surface area contributed by atoms with E-state index in [-0.39, 0.29) is 48.0 Å². The molecule has 4 aliphatic heterocycles. The number of likely N-dealkylation sites (N-methyl/N-ethyl adjacent to an activating group) is 1. The molecule has 2 N–H and O–H groups in total. The van der Waals surface area contributed by atoms with Gasteiger partial charge in [0.15, 0.2) is 6.61 Å². The van der Waals surface area contributed by atoms with Gasteiger partial charge in [-0.1, -0.05) is 43.2 Å². The number of aryl methyl sites for hydroxylation is 1. The fourth-order valence-corrected chi connectivity index (χ4v) is 8.94. The third-order valence-electron chi connectivity index (χ3n) is 12.3. The smallest absolute Gasteiger partial charge is 0.266 e. The van der Waals surface area contributed by atoms with E-state index in [1.165, 1.54) is 23.4 Å². The summed E-state index contributed by atoms with van der Waals surface area (Å²) in [6.45, 7) is 9.69. The number of ether oxygens (including phenoxy) is 1. The number of carbonyl (C=O) groups excluding carboxylic acids is 5. The van der Waals surface area contributed by atoms with Crippen LogP contribution >= 0.6 is 0 Å². The van der Waals surface area contributed by atoms with E-state index >= 15 is 0 Å². The monoisotopic (exact) mass is 809 g/mol. The van der Waals surface area contributed by atoms with E-state index < -0.39 is 29.7 Å². The SMILES string of the molecule is Cc1cccc(F)c1CN1C[C@H](c2ccc(N3CCN(CCCCCCNC(=O)COc4cccc5c4C(=O)N(C4CCC(=O)NC4=O)C5=O)CC3)cc2)[C@@H](N(C)C)C1. The van der Waals surface area contributed by atoms with Crippen LogP contribution in [0.25, 0.3) is 0 Å². The molecular formula is C45H56FN7O6. The maximum atomic E-state index is 14.6. The number of anilines is 1. The van der Waals surface area contributed by atoms with Crippen molar-refractivity contribution in [3.8, 4) is 5.75 Å². The van der Waals surface area contributed by atoms with Gasteiger partial charge >= 0.3 is 0 Å². The number of imide groups is 2. The number of amides is 5. The molecular weight excluding hydrogens is 754 g/mol. The van der Waals surface area contributed by atoms with Crippen LogP contribution in [0.5, 0.6) is 5.75 Å². The Morgan fingerprint density at radius 2 is 1.63 bits per heavy atom. The summed E-state index contributed by atoms with van der Waals surface area (Å²) in [6, 6.07) is 18.3. The number of likely N-dealkylation sites (tertiary alicyclic amines) is 1. The highest BCUT2D eigenvalue weighted by molar-refractivity contribution is 6.24. The minimum absolute atomic E-state index is 0.0195. The molecule has 4 heterocycles. The largest absolute Gasteiger partial charge is 0.483 e. The van der Waals surface area contributed by atoms with Crippen LogP contribution in [-0.4, -0.2) is 134 Å². The number of carbonyl (C=O) groups is 5. The molecule has 3 aromatic rings. The maximum absolute atomic E-state index is 14.6. The van der Waals surface area contributed by atoms with Gasteiger partial charge in [-0.05, 0) is 88.3 Å². The first-order chi connectivity index (χ1) is 28.5. The molecule has 4 aliphatic rings. The Labute approximate surface area is 345 Å². The van der Waals surface area contributed by atoms with Gasteiger partial charge in [0.1, 0.15) is 17.6 Å².